The van der Waals surface area contributed by atoms with Gasteiger partial charge in [-0.05, 0) is 54.6 Å². The Kier molecular flexibility index (Phi) is 3.18. The van der Waals surface area contributed by atoms with Crippen LogP contribution in [0.2, 0.25) is 0 Å². The Morgan fingerprint density at radius 3 is 3.06 bits per heavy atom. The lowest BCUT2D eigenvalue weighted by Crippen LogP contribution is -2.32. The summed E-state index contributed by atoms with van der Waals surface area (Å²) in [7, 11) is 0. The molecule has 0 spiro atoms. The molecule has 2 heteroatoms. The topological polar surface area (TPSA) is 26.0 Å². The van der Waals surface area contributed by atoms with E-state index in [1.54, 1.807) is 27.9 Å². The molecule has 0 aromatic rings. The van der Waals surface area contributed by atoms with Gasteiger partial charge in [0.2, 0.25) is 0 Å². The number of thioether (sulfide) groups is 1. The molecule has 3 aliphatic rings. The maximum absolute atomic E-state index is 6.34. The molecule has 2 aliphatic carbocycles. The van der Waals surface area contributed by atoms with E-state index in [4.69, 9.17) is 5.73 Å². The molecule has 0 bridgehead atoms. The van der Waals surface area contributed by atoms with Crippen LogP contribution >= 0.6 is 11.8 Å². The van der Waals surface area contributed by atoms with Crippen LogP contribution < -0.4 is 5.73 Å². The Labute approximate surface area is 108 Å². The molecule has 0 fully saturated rings. The molecule has 3 rings (SSSR count). The molecule has 0 radical (unpaired) electrons. The Hall–Kier alpha value is -0.470. The molecule has 0 amide bonds. The van der Waals surface area contributed by atoms with Crippen LogP contribution in [0.1, 0.15) is 39.0 Å². The van der Waals surface area contributed by atoms with Gasteiger partial charge in [0.25, 0.3) is 0 Å². The van der Waals surface area contributed by atoms with Gasteiger partial charge in [-0.15, -0.1) is 0 Å². The molecule has 1 unspecified atom stereocenters. The standard InChI is InChI=1S/C15H21NS/c1-2-10-3-4-11-8-15(16)14-9-17-6-5-12(14)13(11)7-10/h7,15H,2-6,8-9,16H2,1H3. The molecule has 1 nitrogen and oxygen atoms in total. The summed E-state index contributed by atoms with van der Waals surface area (Å²) < 4.78 is 0. The first kappa shape index (κ1) is 11.6. The lowest BCUT2D eigenvalue weighted by Gasteiger charge is -2.34. The minimum atomic E-state index is 0.313. The van der Waals surface area contributed by atoms with Crippen molar-refractivity contribution in [3.05, 3.63) is 33.9 Å². The molecule has 0 saturated heterocycles. The van der Waals surface area contributed by atoms with Crippen LogP contribution in [0.4, 0.5) is 0 Å². The maximum Gasteiger partial charge on any atom is 0.0305 e. The van der Waals surface area contributed by atoms with Crippen molar-refractivity contribution in [1.82, 2.24) is 0 Å². The lowest BCUT2D eigenvalue weighted by molar-refractivity contribution is 0.674. The van der Waals surface area contributed by atoms with Gasteiger partial charge < -0.3 is 5.73 Å². The van der Waals surface area contributed by atoms with Gasteiger partial charge in [0.15, 0.2) is 0 Å². The van der Waals surface area contributed by atoms with E-state index in [2.05, 4.69) is 13.0 Å². The zero-order chi connectivity index (χ0) is 11.8. The summed E-state index contributed by atoms with van der Waals surface area (Å²) in [5.74, 6) is 2.44. The summed E-state index contributed by atoms with van der Waals surface area (Å²) in [5.41, 5.74) is 14.4. The summed E-state index contributed by atoms with van der Waals surface area (Å²) in [6, 6.07) is 0.313. The number of allylic oxidation sites excluding steroid dienone is 4. The van der Waals surface area contributed by atoms with Crippen LogP contribution in [0.15, 0.2) is 33.9 Å². The zero-order valence-corrected chi connectivity index (χ0v) is 11.4. The van der Waals surface area contributed by atoms with Crippen LogP contribution in [0.3, 0.4) is 0 Å². The van der Waals surface area contributed by atoms with E-state index in [9.17, 15) is 0 Å². The van der Waals surface area contributed by atoms with Gasteiger partial charge in [0.1, 0.15) is 0 Å². The molecule has 2 N–H and O–H groups in total. The fraction of sp³-hybridized carbons (Fsp3) is 0.600. The predicted molar refractivity (Wildman–Crippen MR) is 76.2 cm³/mol. The van der Waals surface area contributed by atoms with E-state index < -0.39 is 0 Å². The quantitative estimate of drug-likeness (QED) is 0.766. The van der Waals surface area contributed by atoms with E-state index in [1.807, 2.05) is 11.8 Å². The van der Waals surface area contributed by atoms with Crippen molar-refractivity contribution in [3.63, 3.8) is 0 Å². The third-order valence-electron chi connectivity index (χ3n) is 4.31. The molecule has 0 saturated carbocycles. The molecule has 1 atom stereocenters. The average Bonchev–Trinajstić information content (AvgIpc) is 2.39. The second-order valence-corrected chi connectivity index (χ2v) is 6.40. The van der Waals surface area contributed by atoms with E-state index in [0.717, 1.165) is 6.42 Å². The third-order valence-corrected chi connectivity index (χ3v) is 5.32. The first-order chi connectivity index (χ1) is 8.29. The monoisotopic (exact) mass is 247 g/mol. The van der Waals surface area contributed by atoms with Crippen molar-refractivity contribution in [2.45, 2.75) is 45.1 Å². The highest BCUT2D eigenvalue weighted by atomic mass is 32.2. The van der Waals surface area contributed by atoms with Gasteiger partial charge in [-0.1, -0.05) is 24.1 Å². The molecule has 92 valence electrons. The molecular weight excluding hydrogens is 226 g/mol. The lowest BCUT2D eigenvalue weighted by atomic mass is 9.76. The number of hydrogen-bond acceptors (Lipinski definition) is 2. The highest BCUT2D eigenvalue weighted by Crippen LogP contribution is 2.42. The number of nitrogens with two attached hydrogens (primary N) is 1. The first-order valence-electron chi connectivity index (χ1n) is 6.76. The smallest absolute Gasteiger partial charge is 0.0305 e. The van der Waals surface area contributed by atoms with E-state index in [1.165, 1.54) is 37.2 Å². The Balaban J connectivity index is 2.03. The molecule has 0 aromatic heterocycles. The van der Waals surface area contributed by atoms with Crippen molar-refractivity contribution in [3.8, 4) is 0 Å². The molecule has 1 heterocycles. The fourth-order valence-electron chi connectivity index (χ4n) is 3.25. The van der Waals surface area contributed by atoms with Gasteiger partial charge in [0, 0.05) is 11.8 Å². The van der Waals surface area contributed by atoms with Gasteiger partial charge in [-0.3, -0.25) is 0 Å². The van der Waals surface area contributed by atoms with E-state index >= 15 is 0 Å². The number of rotatable bonds is 1. The van der Waals surface area contributed by atoms with Gasteiger partial charge in [-0.25, -0.2) is 0 Å². The summed E-state index contributed by atoms with van der Waals surface area (Å²) in [5, 5.41) is 0. The van der Waals surface area contributed by atoms with Crippen molar-refractivity contribution in [1.29, 1.82) is 0 Å². The summed E-state index contributed by atoms with van der Waals surface area (Å²) in [4.78, 5) is 0. The molecule has 1 aliphatic heterocycles. The fourth-order valence-corrected chi connectivity index (χ4v) is 4.35. The normalized spacial score (nSPS) is 28.8. The average molecular weight is 247 g/mol. The Morgan fingerprint density at radius 2 is 2.24 bits per heavy atom. The molecule has 17 heavy (non-hydrogen) atoms. The van der Waals surface area contributed by atoms with Crippen LogP contribution in [0.25, 0.3) is 0 Å². The minimum Gasteiger partial charge on any atom is -0.324 e. The molecular formula is C15H21NS. The van der Waals surface area contributed by atoms with Crippen LogP contribution in [0, 0.1) is 0 Å². The van der Waals surface area contributed by atoms with E-state index in [0.29, 0.717) is 6.04 Å². The predicted octanol–water partition coefficient (Wildman–Crippen LogP) is 3.58. The van der Waals surface area contributed by atoms with Crippen molar-refractivity contribution in [2.24, 2.45) is 5.73 Å². The number of fused-ring (bicyclic) bond motifs is 1. The van der Waals surface area contributed by atoms with Gasteiger partial charge in [-0.2, -0.15) is 11.8 Å². The largest absolute Gasteiger partial charge is 0.324 e. The Morgan fingerprint density at radius 1 is 1.35 bits per heavy atom. The minimum absolute atomic E-state index is 0.313. The van der Waals surface area contributed by atoms with Crippen LogP contribution in [-0.2, 0) is 0 Å². The van der Waals surface area contributed by atoms with Gasteiger partial charge in [0.05, 0.1) is 0 Å². The maximum atomic E-state index is 6.34. The second-order valence-electron chi connectivity index (χ2n) is 5.29. The van der Waals surface area contributed by atoms with Crippen molar-refractivity contribution >= 4 is 11.8 Å². The SMILES string of the molecule is CCC1=CC2=C(CC1)CC(N)C1=C2CCSC1. The second kappa shape index (κ2) is 4.66. The zero-order valence-electron chi connectivity index (χ0n) is 10.6. The van der Waals surface area contributed by atoms with Gasteiger partial charge >= 0.3 is 0 Å². The molecule has 0 aromatic carbocycles. The van der Waals surface area contributed by atoms with Crippen LogP contribution in [-0.4, -0.2) is 17.5 Å². The summed E-state index contributed by atoms with van der Waals surface area (Å²) in [6.07, 6.45) is 8.56. The van der Waals surface area contributed by atoms with Crippen molar-refractivity contribution in [2.75, 3.05) is 11.5 Å². The first-order valence-corrected chi connectivity index (χ1v) is 7.92. The third kappa shape index (κ3) is 2.02. The van der Waals surface area contributed by atoms with Crippen molar-refractivity contribution < 1.29 is 0 Å². The Bertz CT molecular complexity index is 428. The number of hydrogen-bond donors (Lipinski definition) is 1. The summed E-state index contributed by atoms with van der Waals surface area (Å²) >= 11 is 2.05. The highest BCUT2D eigenvalue weighted by molar-refractivity contribution is 7.99. The van der Waals surface area contributed by atoms with Crippen LogP contribution in [0.5, 0.6) is 0 Å². The summed E-state index contributed by atoms with van der Waals surface area (Å²) in [6.45, 7) is 2.28. The van der Waals surface area contributed by atoms with E-state index in [-0.39, 0.29) is 0 Å². The highest BCUT2D eigenvalue weighted by Gasteiger charge is 2.29.